The van der Waals surface area contributed by atoms with Gasteiger partial charge in [0, 0.05) is 17.2 Å². The summed E-state index contributed by atoms with van der Waals surface area (Å²) in [5.74, 6) is 2.01. The average molecular weight is 584 g/mol. The highest BCUT2D eigenvalue weighted by Crippen LogP contribution is 2.34. The second-order valence-electron chi connectivity index (χ2n) is 11.7. The fraction of sp³-hybridized carbons (Fsp3) is 0.417. The Kier molecular flexibility index (Phi) is 10.9. The molecule has 0 amide bonds. The number of unbranched alkanes of at least 4 members (excludes halogenated alkanes) is 1. The standard InChI is InChI=1S/C36H45N3O4/c1-7-9-10-26(8-2)13-18-31(40)36(42)43-27-14-17-30(32(41)21-27)35-38-33(28-15-11-22(3)19-24(28)5)37-34(39-35)29-16-12-23(4)20-25(29)6/h11-12,14-17,19-21,26,31,36,40-42H,7-10,13,18H2,1-6H3. The lowest BCUT2D eigenvalue weighted by atomic mass is 9.93. The van der Waals surface area contributed by atoms with Gasteiger partial charge in [0.25, 0.3) is 0 Å². The van der Waals surface area contributed by atoms with E-state index in [1.807, 2.05) is 52.0 Å². The monoisotopic (exact) mass is 583 g/mol. The molecule has 0 spiro atoms. The van der Waals surface area contributed by atoms with Gasteiger partial charge in [-0.25, -0.2) is 15.0 Å². The van der Waals surface area contributed by atoms with Crippen molar-refractivity contribution in [2.75, 3.05) is 0 Å². The predicted octanol–water partition coefficient (Wildman–Crippen LogP) is 7.87. The highest BCUT2D eigenvalue weighted by molar-refractivity contribution is 5.72. The molecule has 0 saturated carbocycles. The molecule has 3 atom stereocenters. The molecule has 0 fully saturated rings. The fourth-order valence-electron chi connectivity index (χ4n) is 5.45. The number of aliphatic hydroxyl groups excluding tert-OH is 2. The molecule has 7 nitrogen and oxygen atoms in total. The van der Waals surface area contributed by atoms with Gasteiger partial charge in [-0.15, -0.1) is 0 Å². The van der Waals surface area contributed by atoms with Crippen LogP contribution in [0.1, 0.15) is 74.6 Å². The summed E-state index contributed by atoms with van der Waals surface area (Å²) in [6, 6.07) is 17.0. The number of aromatic hydroxyl groups is 1. The summed E-state index contributed by atoms with van der Waals surface area (Å²) in [6.45, 7) is 12.5. The minimum absolute atomic E-state index is 0.103. The van der Waals surface area contributed by atoms with Gasteiger partial charge in [0.1, 0.15) is 17.6 Å². The molecule has 0 aliphatic rings. The van der Waals surface area contributed by atoms with Crippen LogP contribution in [0.5, 0.6) is 11.5 Å². The molecule has 7 heteroatoms. The molecule has 0 aliphatic heterocycles. The number of aliphatic hydroxyl groups is 2. The smallest absolute Gasteiger partial charge is 0.223 e. The van der Waals surface area contributed by atoms with Crippen molar-refractivity contribution in [1.82, 2.24) is 15.0 Å². The van der Waals surface area contributed by atoms with Crippen molar-refractivity contribution in [1.29, 1.82) is 0 Å². The molecule has 3 unspecified atom stereocenters. The SMILES string of the molecule is CCCCC(CC)CCC(O)C(O)Oc1ccc(-c2nc(-c3ccc(C)cc3C)nc(-c3ccc(C)cc3C)n2)c(O)c1. The zero-order chi connectivity index (χ0) is 31.1. The minimum atomic E-state index is -1.40. The maximum Gasteiger partial charge on any atom is 0.223 e. The van der Waals surface area contributed by atoms with Crippen LogP contribution in [0.2, 0.25) is 0 Å². The number of ether oxygens (including phenoxy) is 1. The van der Waals surface area contributed by atoms with Crippen LogP contribution >= 0.6 is 0 Å². The van der Waals surface area contributed by atoms with Gasteiger partial charge in [-0.05, 0) is 69.7 Å². The first-order valence-electron chi connectivity index (χ1n) is 15.4. The molecule has 3 N–H and O–H groups in total. The molecule has 1 heterocycles. The van der Waals surface area contributed by atoms with Crippen molar-refractivity contribution < 1.29 is 20.1 Å². The van der Waals surface area contributed by atoms with Crippen molar-refractivity contribution in [2.24, 2.45) is 5.92 Å². The molecule has 0 radical (unpaired) electrons. The summed E-state index contributed by atoms with van der Waals surface area (Å²) in [7, 11) is 0. The van der Waals surface area contributed by atoms with Gasteiger partial charge in [0.2, 0.25) is 6.29 Å². The number of hydrogen-bond donors (Lipinski definition) is 3. The lowest BCUT2D eigenvalue weighted by Crippen LogP contribution is -2.31. The van der Waals surface area contributed by atoms with Crippen LogP contribution in [-0.4, -0.2) is 42.7 Å². The van der Waals surface area contributed by atoms with Gasteiger partial charge in [0.05, 0.1) is 5.56 Å². The van der Waals surface area contributed by atoms with E-state index in [1.165, 1.54) is 12.5 Å². The number of aryl methyl sites for hydroxylation is 4. The highest BCUT2D eigenvalue weighted by atomic mass is 16.6. The van der Waals surface area contributed by atoms with E-state index < -0.39 is 12.4 Å². The Morgan fingerprint density at radius 1 is 0.674 bits per heavy atom. The number of benzene rings is 3. The normalized spacial score (nSPS) is 13.5. The largest absolute Gasteiger partial charge is 0.507 e. The van der Waals surface area contributed by atoms with Gasteiger partial charge < -0.3 is 20.1 Å². The first-order valence-corrected chi connectivity index (χ1v) is 15.4. The topological polar surface area (TPSA) is 109 Å². The van der Waals surface area contributed by atoms with E-state index in [0.717, 1.165) is 59.1 Å². The van der Waals surface area contributed by atoms with E-state index >= 15 is 0 Å². The van der Waals surface area contributed by atoms with Crippen LogP contribution in [0.25, 0.3) is 34.2 Å². The van der Waals surface area contributed by atoms with Crippen LogP contribution in [0.3, 0.4) is 0 Å². The summed E-state index contributed by atoms with van der Waals surface area (Å²) in [4.78, 5) is 14.4. The summed E-state index contributed by atoms with van der Waals surface area (Å²) in [6.07, 6.45) is 3.33. The summed E-state index contributed by atoms with van der Waals surface area (Å²) < 4.78 is 5.63. The third kappa shape index (κ3) is 8.18. The second kappa shape index (κ2) is 14.6. The Balaban J connectivity index is 1.62. The van der Waals surface area contributed by atoms with E-state index in [1.54, 1.807) is 12.1 Å². The number of phenolic OH excluding ortho intramolecular Hbond substituents is 1. The summed E-state index contributed by atoms with van der Waals surface area (Å²) in [5.41, 5.74) is 6.55. The maximum atomic E-state index is 11.1. The van der Waals surface area contributed by atoms with Crippen LogP contribution in [-0.2, 0) is 0 Å². The molecule has 1 aromatic heterocycles. The lowest BCUT2D eigenvalue weighted by molar-refractivity contribution is -0.107. The molecule has 4 rings (SSSR count). The Morgan fingerprint density at radius 2 is 1.21 bits per heavy atom. The van der Waals surface area contributed by atoms with Crippen LogP contribution in [0.15, 0.2) is 54.6 Å². The van der Waals surface area contributed by atoms with Crippen LogP contribution in [0, 0.1) is 33.6 Å². The van der Waals surface area contributed by atoms with Gasteiger partial charge >= 0.3 is 0 Å². The van der Waals surface area contributed by atoms with Crippen LogP contribution in [0.4, 0.5) is 0 Å². The lowest BCUT2D eigenvalue weighted by Gasteiger charge is -2.22. The zero-order valence-electron chi connectivity index (χ0n) is 26.3. The number of aromatic nitrogens is 3. The number of phenols is 1. The summed E-state index contributed by atoms with van der Waals surface area (Å²) in [5, 5.41) is 32.1. The van der Waals surface area contributed by atoms with E-state index in [2.05, 4.69) is 26.0 Å². The van der Waals surface area contributed by atoms with Crippen molar-refractivity contribution in [2.45, 2.75) is 92.5 Å². The Labute approximate surface area is 255 Å². The molecule has 228 valence electrons. The van der Waals surface area contributed by atoms with E-state index in [9.17, 15) is 15.3 Å². The van der Waals surface area contributed by atoms with Gasteiger partial charge in [-0.3, -0.25) is 0 Å². The van der Waals surface area contributed by atoms with Crippen molar-refractivity contribution in [3.05, 3.63) is 76.9 Å². The van der Waals surface area contributed by atoms with Gasteiger partial charge in [-0.1, -0.05) is 87.1 Å². The van der Waals surface area contributed by atoms with Crippen molar-refractivity contribution in [3.8, 4) is 45.7 Å². The third-order valence-corrected chi connectivity index (χ3v) is 8.09. The van der Waals surface area contributed by atoms with E-state index in [-0.39, 0.29) is 11.5 Å². The Hall–Kier alpha value is -3.81. The highest BCUT2D eigenvalue weighted by Gasteiger charge is 2.21. The average Bonchev–Trinajstić information content (AvgIpc) is 2.97. The number of nitrogens with zero attached hydrogens (tertiary/aromatic N) is 3. The molecular weight excluding hydrogens is 538 g/mol. The molecule has 4 aromatic rings. The maximum absolute atomic E-state index is 11.1. The van der Waals surface area contributed by atoms with Crippen LogP contribution < -0.4 is 4.74 Å². The van der Waals surface area contributed by atoms with Crippen molar-refractivity contribution >= 4 is 0 Å². The third-order valence-electron chi connectivity index (χ3n) is 8.09. The molecule has 0 bridgehead atoms. The van der Waals surface area contributed by atoms with Crippen molar-refractivity contribution in [3.63, 3.8) is 0 Å². The number of rotatable bonds is 13. The molecule has 43 heavy (non-hydrogen) atoms. The second-order valence-corrected chi connectivity index (χ2v) is 11.7. The van der Waals surface area contributed by atoms with E-state index in [4.69, 9.17) is 19.7 Å². The first-order chi connectivity index (χ1) is 20.6. The predicted molar refractivity (Wildman–Crippen MR) is 172 cm³/mol. The molecular formula is C36H45N3O4. The first kappa shape index (κ1) is 32.1. The Morgan fingerprint density at radius 3 is 1.70 bits per heavy atom. The summed E-state index contributed by atoms with van der Waals surface area (Å²) >= 11 is 0. The van der Waals surface area contributed by atoms with Gasteiger partial charge in [0.15, 0.2) is 17.5 Å². The van der Waals surface area contributed by atoms with Gasteiger partial charge in [-0.2, -0.15) is 0 Å². The fourth-order valence-corrected chi connectivity index (χ4v) is 5.45. The Bertz CT molecular complexity index is 1470. The molecule has 3 aromatic carbocycles. The zero-order valence-corrected chi connectivity index (χ0v) is 26.3. The molecule has 0 saturated heterocycles. The quantitative estimate of drug-likeness (QED) is 0.137. The minimum Gasteiger partial charge on any atom is -0.507 e. The van der Waals surface area contributed by atoms with E-state index in [0.29, 0.717) is 35.4 Å². The molecule has 0 aliphatic carbocycles. The number of hydrogen-bond acceptors (Lipinski definition) is 7.